The minimum Gasteiger partial charge on any atom is -0.493 e. The summed E-state index contributed by atoms with van der Waals surface area (Å²) in [4.78, 5) is 12.4. The van der Waals surface area contributed by atoms with Crippen molar-refractivity contribution in [1.82, 2.24) is 5.32 Å². The molecule has 0 unspecified atom stereocenters. The summed E-state index contributed by atoms with van der Waals surface area (Å²) in [6, 6.07) is 18.7. The Labute approximate surface area is 188 Å². The van der Waals surface area contributed by atoms with Crippen LogP contribution in [0.15, 0.2) is 71.4 Å². The molecule has 1 heterocycles. The van der Waals surface area contributed by atoms with Gasteiger partial charge in [-0.1, -0.05) is 49.7 Å². The van der Waals surface area contributed by atoms with Crippen LogP contribution in [0, 0.1) is 0 Å². The van der Waals surface area contributed by atoms with E-state index < -0.39 is 0 Å². The molecular weight excluding hydrogens is 398 g/mol. The molecule has 4 nitrogen and oxygen atoms in total. The smallest absolute Gasteiger partial charge is 0.244 e. The maximum absolute atomic E-state index is 12.4. The number of amides is 1. The van der Waals surface area contributed by atoms with Crippen molar-refractivity contribution in [2.75, 3.05) is 13.2 Å². The number of unbranched alkanes of at least 4 members (excludes halogenated alkanes) is 1. The van der Waals surface area contributed by atoms with Gasteiger partial charge in [-0.25, -0.2) is 0 Å². The number of rotatable bonds is 8. The van der Waals surface area contributed by atoms with E-state index in [4.69, 9.17) is 9.15 Å². The quantitative estimate of drug-likeness (QED) is 0.244. The summed E-state index contributed by atoms with van der Waals surface area (Å²) in [7, 11) is 0. The second-order valence-corrected chi connectivity index (χ2v) is 7.96. The lowest BCUT2D eigenvalue weighted by Gasteiger charge is -2.12. The van der Waals surface area contributed by atoms with Crippen molar-refractivity contribution >= 4 is 33.2 Å². The number of ether oxygens (including phenoxy) is 1. The lowest BCUT2D eigenvalue weighted by molar-refractivity contribution is -0.116. The summed E-state index contributed by atoms with van der Waals surface area (Å²) >= 11 is 0. The van der Waals surface area contributed by atoms with Crippen molar-refractivity contribution in [3.63, 3.8) is 0 Å². The van der Waals surface area contributed by atoms with Gasteiger partial charge in [0.1, 0.15) is 11.3 Å². The van der Waals surface area contributed by atoms with Gasteiger partial charge in [0.15, 0.2) is 0 Å². The number of hydrogen-bond acceptors (Lipinski definition) is 3. The number of allylic oxidation sites excluding steroid dienone is 1. The van der Waals surface area contributed by atoms with Crippen molar-refractivity contribution < 1.29 is 13.9 Å². The molecule has 32 heavy (non-hydrogen) atoms. The first-order valence-corrected chi connectivity index (χ1v) is 11.2. The molecule has 0 bridgehead atoms. The third-order valence-electron chi connectivity index (χ3n) is 5.64. The van der Waals surface area contributed by atoms with Crippen LogP contribution in [0.1, 0.15) is 39.2 Å². The molecule has 0 spiro atoms. The van der Waals surface area contributed by atoms with E-state index in [0.29, 0.717) is 13.2 Å². The minimum atomic E-state index is -0.0829. The van der Waals surface area contributed by atoms with Crippen molar-refractivity contribution in [2.45, 2.75) is 33.6 Å². The lowest BCUT2D eigenvalue weighted by Crippen LogP contribution is -2.22. The number of carbonyl (C=O) groups is 1. The number of carbonyl (C=O) groups excluding carboxylic acids is 1. The van der Waals surface area contributed by atoms with E-state index >= 15 is 0 Å². The number of fused-ring (bicyclic) bond motifs is 2. The molecule has 4 rings (SSSR count). The molecule has 0 aliphatic heterocycles. The van der Waals surface area contributed by atoms with Gasteiger partial charge in [-0.15, -0.1) is 0 Å². The Bertz CT molecular complexity index is 1280. The Morgan fingerprint density at radius 2 is 1.88 bits per heavy atom. The second kappa shape index (κ2) is 9.73. The van der Waals surface area contributed by atoms with E-state index in [1.54, 1.807) is 12.3 Å². The number of nitrogens with one attached hydrogen (secondary N) is 1. The van der Waals surface area contributed by atoms with Gasteiger partial charge < -0.3 is 14.5 Å². The summed E-state index contributed by atoms with van der Waals surface area (Å²) in [5.41, 5.74) is 4.63. The van der Waals surface area contributed by atoms with E-state index in [0.717, 1.165) is 51.8 Å². The van der Waals surface area contributed by atoms with Gasteiger partial charge in [0.05, 0.1) is 12.9 Å². The molecule has 0 fully saturated rings. The van der Waals surface area contributed by atoms with Gasteiger partial charge >= 0.3 is 0 Å². The normalized spacial score (nSPS) is 11.8. The lowest BCUT2D eigenvalue weighted by atomic mass is 9.97. The van der Waals surface area contributed by atoms with Gasteiger partial charge in [0.25, 0.3) is 0 Å². The molecule has 0 radical (unpaired) electrons. The topological polar surface area (TPSA) is 51.5 Å². The Hall–Kier alpha value is -3.53. The molecule has 1 N–H and O–H groups in total. The van der Waals surface area contributed by atoms with Gasteiger partial charge in [-0.2, -0.15) is 0 Å². The molecule has 4 aromatic rings. The number of benzene rings is 3. The Morgan fingerprint density at radius 1 is 1.06 bits per heavy atom. The summed E-state index contributed by atoms with van der Waals surface area (Å²) in [6.45, 7) is 7.22. The third kappa shape index (κ3) is 4.54. The molecule has 164 valence electrons. The van der Waals surface area contributed by atoms with Crippen LogP contribution in [-0.4, -0.2) is 19.1 Å². The fraction of sp³-hybridized carbons (Fsp3) is 0.250. The predicted molar refractivity (Wildman–Crippen MR) is 132 cm³/mol. The van der Waals surface area contributed by atoms with E-state index in [-0.39, 0.29) is 5.91 Å². The van der Waals surface area contributed by atoms with Gasteiger partial charge in [0, 0.05) is 35.2 Å². The van der Waals surface area contributed by atoms with Crippen LogP contribution in [0.4, 0.5) is 0 Å². The SMILES string of the molecule is CCCCNC(=O)/C=C(\C)c1cc2c(-c3ccc4ccccc4c3)coc2cc1OCC. The fourth-order valence-corrected chi connectivity index (χ4v) is 3.93. The van der Waals surface area contributed by atoms with Crippen LogP contribution in [0.3, 0.4) is 0 Å². The standard InChI is InChI=1S/C28H29NO3/c1-4-6-13-29-28(30)14-19(3)23-16-24-25(18-32-27(24)17-26(23)31-5-2)22-12-11-20-9-7-8-10-21(20)15-22/h7-12,14-18H,4-6,13H2,1-3H3,(H,29,30)/b19-14+. The molecule has 0 saturated heterocycles. The second-order valence-electron chi connectivity index (χ2n) is 7.96. The summed E-state index contributed by atoms with van der Waals surface area (Å²) in [5.74, 6) is 0.634. The fourth-order valence-electron chi connectivity index (χ4n) is 3.93. The van der Waals surface area contributed by atoms with Crippen LogP contribution in [0.5, 0.6) is 5.75 Å². The average molecular weight is 428 g/mol. The molecule has 0 aliphatic carbocycles. The Kier molecular flexibility index (Phi) is 6.60. The predicted octanol–water partition coefficient (Wildman–Crippen LogP) is 6.97. The highest BCUT2D eigenvalue weighted by atomic mass is 16.5. The van der Waals surface area contributed by atoms with E-state index in [9.17, 15) is 4.79 Å². The molecule has 1 amide bonds. The molecule has 0 aliphatic rings. The maximum Gasteiger partial charge on any atom is 0.244 e. The third-order valence-corrected chi connectivity index (χ3v) is 5.64. The highest BCUT2D eigenvalue weighted by Crippen LogP contribution is 2.38. The Balaban J connectivity index is 1.76. The summed E-state index contributed by atoms with van der Waals surface area (Å²) < 4.78 is 11.8. The van der Waals surface area contributed by atoms with Crippen molar-refractivity contribution in [1.29, 1.82) is 0 Å². The maximum atomic E-state index is 12.4. The molecule has 1 aromatic heterocycles. The summed E-state index contributed by atoms with van der Waals surface area (Å²) in [6.07, 6.45) is 5.46. The highest BCUT2D eigenvalue weighted by Gasteiger charge is 2.15. The minimum absolute atomic E-state index is 0.0829. The summed E-state index contributed by atoms with van der Waals surface area (Å²) in [5, 5.41) is 6.34. The largest absolute Gasteiger partial charge is 0.493 e. The molecule has 0 saturated carbocycles. The van der Waals surface area contributed by atoms with Crippen LogP contribution < -0.4 is 10.1 Å². The van der Waals surface area contributed by atoms with E-state index in [1.165, 1.54) is 10.8 Å². The zero-order valence-corrected chi connectivity index (χ0v) is 18.9. The zero-order chi connectivity index (χ0) is 22.5. The van der Waals surface area contributed by atoms with Gasteiger partial charge in [-0.3, -0.25) is 4.79 Å². The van der Waals surface area contributed by atoms with Crippen LogP contribution in [-0.2, 0) is 4.79 Å². The molecule has 3 aromatic carbocycles. The molecule has 0 atom stereocenters. The first kappa shape index (κ1) is 21.7. The van der Waals surface area contributed by atoms with Gasteiger partial charge in [-0.05, 0) is 54.3 Å². The molecular formula is C28H29NO3. The first-order chi connectivity index (χ1) is 15.6. The van der Waals surface area contributed by atoms with Crippen LogP contribution in [0.2, 0.25) is 0 Å². The van der Waals surface area contributed by atoms with Crippen molar-refractivity contribution in [3.8, 4) is 16.9 Å². The van der Waals surface area contributed by atoms with Crippen LogP contribution >= 0.6 is 0 Å². The molecule has 4 heteroatoms. The van der Waals surface area contributed by atoms with E-state index in [1.807, 2.05) is 32.0 Å². The monoisotopic (exact) mass is 427 g/mol. The van der Waals surface area contributed by atoms with Crippen molar-refractivity contribution in [2.24, 2.45) is 0 Å². The van der Waals surface area contributed by atoms with Crippen molar-refractivity contribution in [3.05, 3.63) is 72.5 Å². The Morgan fingerprint density at radius 3 is 2.66 bits per heavy atom. The number of furan rings is 1. The van der Waals surface area contributed by atoms with Gasteiger partial charge in [0.2, 0.25) is 5.91 Å². The highest BCUT2D eigenvalue weighted by molar-refractivity contribution is 6.01. The first-order valence-electron chi connectivity index (χ1n) is 11.2. The van der Waals surface area contributed by atoms with Crippen LogP contribution in [0.25, 0.3) is 38.4 Å². The number of hydrogen-bond donors (Lipinski definition) is 1. The zero-order valence-electron chi connectivity index (χ0n) is 18.9. The van der Waals surface area contributed by atoms with E-state index in [2.05, 4.69) is 48.6 Å². The average Bonchev–Trinajstić information content (AvgIpc) is 3.21.